The highest BCUT2D eigenvalue weighted by Crippen LogP contribution is 2.48. The van der Waals surface area contributed by atoms with Crippen LogP contribution in [0.5, 0.6) is 5.75 Å². The van der Waals surface area contributed by atoms with Crippen molar-refractivity contribution in [2.24, 2.45) is 5.92 Å². The highest BCUT2D eigenvalue weighted by Gasteiger charge is 2.53. The predicted octanol–water partition coefficient (Wildman–Crippen LogP) is 6.40. The summed E-state index contributed by atoms with van der Waals surface area (Å²) in [4.78, 5) is 34.9. The number of esters is 1. The van der Waals surface area contributed by atoms with Gasteiger partial charge in [-0.3, -0.25) is 4.79 Å². The monoisotopic (exact) mass is 589 g/mol. The molecular weight excluding hydrogens is 553 g/mol. The second kappa shape index (κ2) is 11.3. The molecule has 3 aliphatic rings. The summed E-state index contributed by atoms with van der Waals surface area (Å²) < 4.78 is 17.1. The lowest BCUT2D eigenvalue weighted by molar-refractivity contribution is -0.150. The Balaban J connectivity index is 1.29. The second-order valence-corrected chi connectivity index (χ2v) is 12.9. The maximum atomic E-state index is 13.1. The lowest BCUT2D eigenvalue weighted by Gasteiger charge is -2.43. The Morgan fingerprint density at radius 2 is 1.80 bits per heavy atom. The highest BCUT2D eigenvalue weighted by molar-refractivity contribution is 6.37. The molecule has 2 bridgehead atoms. The van der Waals surface area contributed by atoms with Gasteiger partial charge in [0, 0.05) is 37.2 Å². The molecule has 0 unspecified atom stereocenters. The van der Waals surface area contributed by atoms with Gasteiger partial charge in [0.2, 0.25) is 0 Å². The van der Waals surface area contributed by atoms with Gasteiger partial charge in [0.05, 0.1) is 29.6 Å². The average molecular weight is 591 g/mol. The van der Waals surface area contributed by atoms with Crippen LogP contribution in [-0.2, 0) is 14.3 Å². The zero-order chi connectivity index (χ0) is 28.8. The molecule has 0 N–H and O–H groups in total. The third-order valence-electron chi connectivity index (χ3n) is 8.09. The Kier molecular flexibility index (Phi) is 8.13. The fourth-order valence-electron chi connectivity index (χ4n) is 6.41. The van der Waals surface area contributed by atoms with Crippen molar-refractivity contribution in [3.8, 4) is 5.75 Å². The van der Waals surface area contributed by atoms with Gasteiger partial charge in [-0.25, -0.2) is 9.78 Å². The summed E-state index contributed by atoms with van der Waals surface area (Å²) >= 11 is 12.8. The minimum Gasteiger partial charge on any atom is -0.485 e. The molecule has 216 valence electrons. The first kappa shape index (κ1) is 28.8. The average Bonchev–Trinajstić information content (AvgIpc) is 3.48. The third kappa shape index (κ3) is 5.84. The Bertz CT molecular complexity index is 1240. The van der Waals surface area contributed by atoms with Crippen LogP contribution >= 0.6 is 23.2 Å². The van der Waals surface area contributed by atoms with E-state index in [9.17, 15) is 9.59 Å². The molecule has 0 spiro atoms. The molecule has 1 amide bonds. The van der Waals surface area contributed by atoms with E-state index in [1.54, 1.807) is 4.90 Å². The maximum absolute atomic E-state index is 13.1. The van der Waals surface area contributed by atoms with E-state index in [4.69, 9.17) is 42.4 Å². The van der Waals surface area contributed by atoms with Gasteiger partial charge in [-0.2, -0.15) is 0 Å². The van der Waals surface area contributed by atoms with Crippen LogP contribution in [0.1, 0.15) is 63.5 Å². The molecule has 1 aromatic heterocycles. The number of hydrogen-bond donors (Lipinski definition) is 0. The van der Waals surface area contributed by atoms with Gasteiger partial charge >= 0.3 is 12.1 Å². The minimum absolute atomic E-state index is 0.0161. The van der Waals surface area contributed by atoms with Gasteiger partial charge in [0.1, 0.15) is 17.5 Å². The van der Waals surface area contributed by atoms with Gasteiger partial charge in [-0.1, -0.05) is 29.3 Å². The van der Waals surface area contributed by atoms with Crippen LogP contribution in [0.3, 0.4) is 0 Å². The van der Waals surface area contributed by atoms with Crippen LogP contribution in [-0.4, -0.2) is 65.9 Å². The van der Waals surface area contributed by atoms with Crippen LogP contribution in [0.4, 0.5) is 10.6 Å². The van der Waals surface area contributed by atoms with Crippen LogP contribution in [0.15, 0.2) is 30.5 Å². The molecule has 0 saturated carbocycles. The number of benzene rings is 1. The number of rotatable bonds is 5. The van der Waals surface area contributed by atoms with Crippen molar-refractivity contribution in [2.45, 2.75) is 83.1 Å². The zero-order valence-electron chi connectivity index (χ0n) is 23.7. The molecule has 0 aliphatic carbocycles. The number of methoxy groups -OCH3 is 1. The number of nitrogens with zero attached hydrogens (tertiary/aromatic N) is 3. The van der Waals surface area contributed by atoms with Crippen LogP contribution in [0.25, 0.3) is 0 Å². The molecule has 5 atom stereocenters. The van der Waals surface area contributed by atoms with Crippen molar-refractivity contribution < 1.29 is 23.8 Å². The summed E-state index contributed by atoms with van der Waals surface area (Å²) in [7, 11) is 1.41. The predicted molar refractivity (Wildman–Crippen MR) is 154 cm³/mol. The van der Waals surface area contributed by atoms with E-state index in [2.05, 4.69) is 4.90 Å². The van der Waals surface area contributed by atoms with E-state index in [0.717, 1.165) is 42.8 Å². The molecular formula is C30H37Cl2N3O5. The Morgan fingerprint density at radius 1 is 1.07 bits per heavy atom. The van der Waals surface area contributed by atoms with Crippen molar-refractivity contribution in [3.63, 3.8) is 0 Å². The highest BCUT2D eigenvalue weighted by atomic mass is 35.5. The SMILES string of the molecule is COC(=O)[C@@H]1[C@@H](c2ccc(N3CC[C@@H](Oc4c(Cl)cc(C)cc4Cl)C3)nc2)C[C@H]2CC[C@@H]1N2C(=O)OC(C)(C)C. The summed E-state index contributed by atoms with van der Waals surface area (Å²) in [5.74, 6) is 0.495. The topological polar surface area (TPSA) is 81.2 Å². The smallest absolute Gasteiger partial charge is 0.410 e. The largest absolute Gasteiger partial charge is 0.485 e. The van der Waals surface area contributed by atoms with Gasteiger partial charge < -0.3 is 24.0 Å². The number of carbonyl (C=O) groups excluding carboxylic acids is 2. The number of halogens is 2. The summed E-state index contributed by atoms with van der Waals surface area (Å²) in [6, 6.07) is 7.50. The molecule has 10 heteroatoms. The number of pyridine rings is 1. The zero-order valence-corrected chi connectivity index (χ0v) is 25.2. The first-order valence-electron chi connectivity index (χ1n) is 13.9. The molecule has 3 aliphatic heterocycles. The van der Waals surface area contributed by atoms with E-state index >= 15 is 0 Å². The molecule has 1 aromatic carbocycles. The van der Waals surface area contributed by atoms with Crippen molar-refractivity contribution >= 4 is 41.1 Å². The van der Waals surface area contributed by atoms with Crippen LogP contribution in [0, 0.1) is 12.8 Å². The third-order valence-corrected chi connectivity index (χ3v) is 8.65. The minimum atomic E-state index is -0.605. The van der Waals surface area contributed by atoms with E-state index in [1.165, 1.54) is 7.11 Å². The standard InChI is InChI=1S/C30H37Cl2N3O5/c1-17-12-22(31)27(23(32)13-17)39-20-10-11-34(16-20)25-9-6-18(15-33-25)21-14-19-7-8-24(26(21)28(36)38-5)35(19)29(37)40-30(2,3)4/h6,9,12-13,15,19-21,24,26H,7-8,10-11,14,16H2,1-5H3/t19-,20-,21-,24+,26-/m1/s1. The first-order chi connectivity index (χ1) is 18.9. The second-order valence-electron chi connectivity index (χ2n) is 12.1. The van der Waals surface area contributed by atoms with E-state index in [-0.39, 0.29) is 36.2 Å². The summed E-state index contributed by atoms with van der Waals surface area (Å²) in [6.45, 7) is 8.96. The Morgan fingerprint density at radius 3 is 2.42 bits per heavy atom. The molecule has 2 aromatic rings. The molecule has 40 heavy (non-hydrogen) atoms. The lowest BCUT2D eigenvalue weighted by Crippen LogP contribution is -2.54. The number of aryl methyl sites for hydroxylation is 1. The normalized spacial score (nSPS) is 26.1. The fourth-order valence-corrected chi connectivity index (χ4v) is 7.09. The van der Waals surface area contributed by atoms with E-state index < -0.39 is 11.5 Å². The van der Waals surface area contributed by atoms with Crippen LogP contribution < -0.4 is 9.64 Å². The van der Waals surface area contributed by atoms with Crippen molar-refractivity contribution in [1.29, 1.82) is 0 Å². The van der Waals surface area contributed by atoms with Gasteiger partial charge in [-0.15, -0.1) is 0 Å². The van der Waals surface area contributed by atoms with Crippen molar-refractivity contribution in [1.82, 2.24) is 9.88 Å². The summed E-state index contributed by atoms with van der Waals surface area (Å²) in [5, 5.41) is 1.02. The van der Waals surface area contributed by atoms with Gasteiger partial charge in [0.15, 0.2) is 5.75 Å². The summed E-state index contributed by atoms with van der Waals surface area (Å²) in [6.07, 6.45) is 4.50. The lowest BCUT2D eigenvalue weighted by atomic mass is 9.76. The molecule has 4 heterocycles. The number of amides is 1. The number of hydrogen-bond acceptors (Lipinski definition) is 7. The summed E-state index contributed by atoms with van der Waals surface area (Å²) in [5.41, 5.74) is 1.36. The van der Waals surface area contributed by atoms with Crippen molar-refractivity contribution in [3.05, 3.63) is 51.6 Å². The van der Waals surface area contributed by atoms with E-state index in [1.807, 2.05) is 58.2 Å². The molecule has 5 rings (SSSR count). The molecule has 3 saturated heterocycles. The van der Waals surface area contributed by atoms with Crippen LogP contribution in [0.2, 0.25) is 10.0 Å². The molecule has 3 fully saturated rings. The first-order valence-corrected chi connectivity index (χ1v) is 14.6. The molecule has 0 radical (unpaired) electrons. The number of aromatic nitrogens is 1. The quantitative estimate of drug-likeness (QED) is 0.373. The number of carbonyl (C=O) groups is 2. The molecule has 8 nitrogen and oxygen atoms in total. The number of ether oxygens (including phenoxy) is 3. The Hall–Kier alpha value is -2.71. The van der Waals surface area contributed by atoms with Gasteiger partial charge in [0.25, 0.3) is 0 Å². The van der Waals surface area contributed by atoms with E-state index in [0.29, 0.717) is 28.8 Å². The van der Waals surface area contributed by atoms with Gasteiger partial charge in [-0.05, 0) is 76.3 Å². The number of piperidine rings is 1. The van der Waals surface area contributed by atoms with Crippen molar-refractivity contribution in [2.75, 3.05) is 25.1 Å². The Labute approximate surface area is 245 Å². The maximum Gasteiger partial charge on any atom is 0.410 e. The number of anilines is 1. The number of fused-ring (bicyclic) bond motifs is 2. The fraction of sp³-hybridized carbons (Fsp3) is 0.567.